The van der Waals surface area contributed by atoms with Crippen LogP contribution in [-0.4, -0.2) is 16.9 Å². The van der Waals surface area contributed by atoms with Crippen LogP contribution < -0.4 is 10.3 Å². The van der Waals surface area contributed by atoms with Crippen LogP contribution in [0.25, 0.3) is 0 Å². The first-order valence-electron chi connectivity index (χ1n) is 6.28. The molecular formula is C14H12ClF3N2O2. The van der Waals surface area contributed by atoms with Crippen molar-refractivity contribution in [2.75, 3.05) is 7.11 Å². The number of aromatic nitrogens is 2. The summed E-state index contributed by atoms with van der Waals surface area (Å²) in [4.78, 5) is 11.8. The Morgan fingerprint density at radius 1 is 1.27 bits per heavy atom. The normalized spacial score (nSPS) is 11.5. The summed E-state index contributed by atoms with van der Waals surface area (Å²) >= 11 is 5.43. The fraction of sp³-hybridized carbons (Fsp3) is 0.286. The molecule has 2 rings (SSSR count). The van der Waals surface area contributed by atoms with E-state index in [0.29, 0.717) is 12.2 Å². The Balaban J connectivity index is 2.21. The molecule has 0 unspecified atom stereocenters. The average molecular weight is 333 g/mol. The van der Waals surface area contributed by atoms with Gasteiger partial charge < -0.3 is 4.74 Å². The van der Waals surface area contributed by atoms with Crippen LogP contribution in [0.3, 0.4) is 0 Å². The second-order valence-corrected chi connectivity index (χ2v) is 4.90. The maximum Gasteiger partial charge on any atom is 0.423 e. The number of benzene rings is 1. The van der Waals surface area contributed by atoms with Crippen LogP contribution in [0.4, 0.5) is 13.2 Å². The third-order valence-electron chi connectivity index (χ3n) is 3.05. The van der Waals surface area contributed by atoms with E-state index in [1.165, 1.54) is 7.11 Å². The van der Waals surface area contributed by atoms with E-state index in [-0.39, 0.29) is 6.54 Å². The molecule has 0 aliphatic carbocycles. The van der Waals surface area contributed by atoms with E-state index in [1.807, 2.05) is 0 Å². The minimum Gasteiger partial charge on any atom is -0.497 e. The molecule has 0 amide bonds. The fourth-order valence-corrected chi connectivity index (χ4v) is 2.14. The van der Waals surface area contributed by atoms with Crippen molar-refractivity contribution in [1.82, 2.24) is 9.78 Å². The molecule has 4 nitrogen and oxygen atoms in total. The summed E-state index contributed by atoms with van der Waals surface area (Å²) in [5.74, 6) is 0.671. The van der Waals surface area contributed by atoms with E-state index in [1.54, 1.807) is 24.3 Å². The molecule has 1 heterocycles. The molecule has 0 aliphatic rings. The van der Waals surface area contributed by atoms with E-state index in [2.05, 4.69) is 5.10 Å². The van der Waals surface area contributed by atoms with Crippen LogP contribution in [0.2, 0.25) is 5.02 Å². The third-order valence-corrected chi connectivity index (χ3v) is 3.34. The molecule has 0 fully saturated rings. The highest BCUT2D eigenvalue weighted by Gasteiger charge is 2.37. The van der Waals surface area contributed by atoms with Gasteiger partial charge in [-0.05, 0) is 24.1 Å². The number of hydrogen-bond donors (Lipinski definition) is 0. The second kappa shape index (κ2) is 6.39. The predicted octanol–water partition coefficient (Wildman–Crippen LogP) is 3.17. The Morgan fingerprint density at radius 2 is 1.91 bits per heavy atom. The molecule has 0 bridgehead atoms. The van der Waals surface area contributed by atoms with Crippen molar-refractivity contribution in [3.8, 4) is 5.75 Å². The summed E-state index contributed by atoms with van der Waals surface area (Å²) in [6.07, 6.45) is -3.62. The van der Waals surface area contributed by atoms with Crippen LogP contribution in [-0.2, 0) is 19.1 Å². The monoisotopic (exact) mass is 332 g/mol. The van der Waals surface area contributed by atoms with Crippen LogP contribution >= 0.6 is 11.6 Å². The zero-order chi connectivity index (χ0) is 16.3. The molecule has 8 heteroatoms. The number of hydrogen-bond acceptors (Lipinski definition) is 3. The smallest absolute Gasteiger partial charge is 0.423 e. The van der Waals surface area contributed by atoms with Crippen LogP contribution in [0, 0.1) is 0 Å². The molecule has 1 aromatic heterocycles. The highest BCUT2D eigenvalue weighted by atomic mass is 35.5. The maximum absolute atomic E-state index is 12.8. The van der Waals surface area contributed by atoms with Gasteiger partial charge in [0.25, 0.3) is 5.56 Å². The molecular weight excluding hydrogens is 321 g/mol. The van der Waals surface area contributed by atoms with Gasteiger partial charge in [0.15, 0.2) is 0 Å². The number of alkyl halides is 3. The Morgan fingerprint density at radius 3 is 2.45 bits per heavy atom. The standard InChI is InChI=1S/C14H12ClF3N2O2/c1-22-10-4-2-9(3-5-10)6-7-20-13(21)12(14(16,17)18)11(15)8-19-20/h2-5,8H,6-7H2,1H3. The molecule has 2 aromatic rings. The topological polar surface area (TPSA) is 44.1 Å². The summed E-state index contributed by atoms with van der Waals surface area (Å²) in [6, 6.07) is 7.00. The number of nitrogens with zero attached hydrogens (tertiary/aromatic N) is 2. The van der Waals surface area contributed by atoms with Gasteiger partial charge >= 0.3 is 6.18 Å². The fourth-order valence-electron chi connectivity index (χ4n) is 1.91. The predicted molar refractivity (Wildman–Crippen MR) is 75.2 cm³/mol. The summed E-state index contributed by atoms with van der Waals surface area (Å²) < 4.78 is 44.2. The van der Waals surface area contributed by atoms with Crippen LogP contribution in [0.15, 0.2) is 35.3 Å². The summed E-state index contributed by atoms with van der Waals surface area (Å²) in [5.41, 5.74) is -1.79. The van der Waals surface area contributed by atoms with Crippen molar-refractivity contribution in [3.05, 3.63) is 57.0 Å². The summed E-state index contributed by atoms with van der Waals surface area (Å²) in [6.45, 7) is 0.0193. The van der Waals surface area contributed by atoms with Crippen LogP contribution in [0.5, 0.6) is 5.75 Å². The van der Waals surface area contributed by atoms with Gasteiger partial charge in [-0.3, -0.25) is 4.79 Å². The van der Waals surface area contributed by atoms with E-state index >= 15 is 0 Å². The van der Waals surface area contributed by atoms with Crippen molar-refractivity contribution in [2.24, 2.45) is 0 Å². The lowest BCUT2D eigenvalue weighted by atomic mass is 10.1. The number of rotatable bonds is 4. The first kappa shape index (κ1) is 16.4. The summed E-state index contributed by atoms with van der Waals surface area (Å²) in [5, 5.41) is 2.95. The zero-order valence-electron chi connectivity index (χ0n) is 11.5. The van der Waals surface area contributed by atoms with Gasteiger partial charge in [-0.15, -0.1) is 0 Å². The third kappa shape index (κ3) is 3.59. The van der Waals surface area contributed by atoms with Crippen molar-refractivity contribution in [3.63, 3.8) is 0 Å². The molecule has 0 atom stereocenters. The highest BCUT2D eigenvalue weighted by Crippen LogP contribution is 2.31. The summed E-state index contributed by atoms with van der Waals surface area (Å²) in [7, 11) is 1.53. The van der Waals surface area contributed by atoms with E-state index in [4.69, 9.17) is 16.3 Å². The van der Waals surface area contributed by atoms with Gasteiger partial charge in [0.1, 0.15) is 11.3 Å². The largest absolute Gasteiger partial charge is 0.497 e. The maximum atomic E-state index is 12.8. The van der Waals surface area contributed by atoms with Crippen molar-refractivity contribution < 1.29 is 17.9 Å². The molecule has 0 radical (unpaired) electrons. The van der Waals surface area contributed by atoms with Gasteiger partial charge in [0.2, 0.25) is 0 Å². The van der Waals surface area contributed by atoms with Gasteiger partial charge in [-0.1, -0.05) is 23.7 Å². The highest BCUT2D eigenvalue weighted by molar-refractivity contribution is 6.31. The molecule has 0 saturated heterocycles. The van der Waals surface area contributed by atoms with Gasteiger partial charge in [0, 0.05) is 6.54 Å². The first-order valence-corrected chi connectivity index (χ1v) is 6.66. The molecule has 1 aromatic carbocycles. The van der Waals surface area contributed by atoms with Crippen molar-refractivity contribution >= 4 is 11.6 Å². The Kier molecular flexibility index (Phi) is 4.75. The number of halogens is 4. The first-order chi connectivity index (χ1) is 10.3. The quantitative estimate of drug-likeness (QED) is 0.864. The molecule has 0 spiro atoms. The zero-order valence-corrected chi connectivity index (χ0v) is 12.3. The lowest BCUT2D eigenvalue weighted by Crippen LogP contribution is -2.31. The molecule has 0 N–H and O–H groups in total. The average Bonchev–Trinajstić information content (AvgIpc) is 2.45. The number of ether oxygens (including phenoxy) is 1. The Labute approximate surface area is 129 Å². The van der Waals surface area contributed by atoms with Crippen LogP contribution in [0.1, 0.15) is 11.1 Å². The van der Waals surface area contributed by atoms with E-state index in [9.17, 15) is 18.0 Å². The molecule has 22 heavy (non-hydrogen) atoms. The van der Waals surface area contributed by atoms with Gasteiger partial charge in [0.05, 0.1) is 18.3 Å². The molecule has 0 aliphatic heterocycles. The van der Waals surface area contributed by atoms with E-state index < -0.39 is 22.3 Å². The SMILES string of the molecule is COc1ccc(CCn2ncc(Cl)c(C(F)(F)F)c2=O)cc1. The van der Waals surface area contributed by atoms with Gasteiger partial charge in [-0.2, -0.15) is 18.3 Å². The van der Waals surface area contributed by atoms with E-state index in [0.717, 1.165) is 16.4 Å². The van der Waals surface area contributed by atoms with Gasteiger partial charge in [-0.25, -0.2) is 4.68 Å². The minimum atomic E-state index is -4.81. The minimum absolute atomic E-state index is 0.0193. The second-order valence-electron chi connectivity index (χ2n) is 4.49. The lowest BCUT2D eigenvalue weighted by Gasteiger charge is -2.11. The lowest BCUT2D eigenvalue weighted by molar-refractivity contribution is -0.139. The van der Waals surface area contributed by atoms with Crippen molar-refractivity contribution in [2.45, 2.75) is 19.1 Å². The Hall–Kier alpha value is -2.02. The molecule has 0 saturated carbocycles. The number of methoxy groups -OCH3 is 1. The molecule has 118 valence electrons. The Bertz CT molecular complexity index is 712. The van der Waals surface area contributed by atoms with Crippen molar-refractivity contribution in [1.29, 1.82) is 0 Å². The number of aryl methyl sites for hydroxylation is 2.